The molecule has 0 bridgehead atoms. The van der Waals surface area contributed by atoms with Crippen molar-refractivity contribution in [2.24, 2.45) is 5.41 Å². The minimum atomic E-state index is 0.0906. The molecule has 1 aromatic rings. The molecule has 1 nitrogen and oxygen atoms in total. The second-order valence-corrected chi connectivity index (χ2v) is 5.68. The fraction of sp³-hybridized carbons (Fsp3) is 0.222. The van der Waals surface area contributed by atoms with E-state index < -0.39 is 0 Å². The second-order valence-electron chi connectivity index (χ2n) is 5.68. The van der Waals surface area contributed by atoms with Crippen molar-refractivity contribution in [3.8, 4) is 0 Å². The van der Waals surface area contributed by atoms with Crippen LogP contribution in [0.1, 0.15) is 32.0 Å². The van der Waals surface area contributed by atoms with Crippen molar-refractivity contribution >= 4 is 32.3 Å². The molecule has 0 unspecified atom stereocenters. The van der Waals surface area contributed by atoms with Gasteiger partial charge in [-0.2, -0.15) is 0 Å². The average Bonchev–Trinajstić information content (AvgIpc) is 2.61. The molecule has 1 aromatic heterocycles. The molecule has 2 heteroatoms. The van der Waals surface area contributed by atoms with Crippen molar-refractivity contribution in [3.05, 3.63) is 59.8 Å². The van der Waals surface area contributed by atoms with Gasteiger partial charge in [0.25, 0.3) is 0 Å². The molecule has 0 spiro atoms. The molecule has 0 saturated carbocycles. The highest BCUT2D eigenvalue weighted by atomic mass is 14.9. The number of aromatic nitrogens is 1. The molecule has 0 aliphatic carbocycles. The lowest BCUT2D eigenvalue weighted by atomic mass is 9.95. The van der Waals surface area contributed by atoms with E-state index in [2.05, 4.69) is 46.6 Å². The Kier molecular flexibility index (Phi) is 5.21. The molecule has 0 N–H and O–H groups in total. The lowest BCUT2D eigenvalue weighted by molar-refractivity contribution is 0.547. The third-order valence-electron chi connectivity index (χ3n) is 2.87. The maximum Gasteiger partial charge on any atom is 0.234 e. The van der Waals surface area contributed by atoms with E-state index in [0.29, 0.717) is 0 Å². The zero-order chi connectivity index (χ0) is 15.3. The quantitative estimate of drug-likeness (QED) is 0.736. The van der Waals surface area contributed by atoms with Crippen molar-refractivity contribution in [2.45, 2.75) is 20.8 Å². The maximum atomic E-state index is 6.21. The molecule has 0 aromatic carbocycles. The molecule has 0 saturated heterocycles. The summed E-state index contributed by atoms with van der Waals surface area (Å²) in [5.74, 6) is 0. The van der Waals surface area contributed by atoms with Crippen molar-refractivity contribution in [2.75, 3.05) is 0 Å². The standard InChI is InChI=1S/C18H22BN/c1-7-10-15-14(9-3)17(12-13-18(4,5)6)20(19)16(15)11-8-2/h7-13H,1-3H2,4-6H3/b13-12-,15-10-,16-11+. The third kappa shape index (κ3) is 3.54. The predicted octanol–water partition coefficient (Wildman–Crippen LogP) is 3.06. The molecule has 0 atom stereocenters. The number of nitrogens with zero attached hydrogens (tertiary/aromatic N) is 1. The lowest BCUT2D eigenvalue weighted by Gasteiger charge is -2.11. The summed E-state index contributed by atoms with van der Waals surface area (Å²) in [6.45, 7) is 17.8. The highest BCUT2D eigenvalue weighted by Crippen LogP contribution is 2.17. The first-order chi connectivity index (χ1) is 9.35. The first-order valence-corrected chi connectivity index (χ1v) is 6.62. The minimum absolute atomic E-state index is 0.0906. The van der Waals surface area contributed by atoms with Crippen LogP contribution < -0.4 is 10.6 Å². The highest BCUT2D eigenvalue weighted by molar-refractivity contribution is 6.08. The molecule has 0 aliphatic rings. The van der Waals surface area contributed by atoms with Crippen LogP contribution in [0, 0.1) is 5.41 Å². The van der Waals surface area contributed by atoms with E-state index in [1.54, 1.807) is 16.6 Å². The molecule has 0 amide bonds. The molecular formula is C18H22BN. The van der Waals surface area contributed by atoms with Crippen LogP contribution in [0.5, 0.6) is 0 Å². The number of allylic oxidation sites excluding steroid dienone is 3. The first-order valence-electron chi connectivity index (χ1n) is 6.62. The van der Waals surface area contributed by atoms with Crippen LogP contribution in [0.15, 0.2) is 38.0 Å². The van der Waals surface area contributed by atoms with Gasteiger partial charge in [0, 0.05) is 21.8 Å². The van der Waals surface area contributed by atoms with Crippen molar-refractivity contribution < 1.29 is 0 Å². The lowest BCUT2D eigenvalue weighted by Crippen LogP contribution is -2.29. The summed E-state index contributed by atoms with van der Waals surface area (Å²) in [5.41, 5.74) is 2.02. The van der Waals surface area contributed by atoms with Crippen molar-refractivity contribution in [1.29, 1.82) is 0 Å². The summed E-state index contributed by atoms with van der Waals surface area (Å²) in [7, 11) is 6.21. The normalized spacial score (nSPS) is 13.9. The van der Waals surface area contributed by atoms with E-state index in [1.165, 1.54) is 0 Å². The van der Waals surface area contributed by atoms with Crippen molar-refractivity contribution in [1.82, 2.24) is 4.48 Å². The molecule has 0 aliphatic heterocycles. The summed E-state index contributed by atoms with van der Waals surface area (Å²) in [6.07, 6.45) is 13.3. The van der Waals surface area contributed by atoms with Crippen molar-refractivity contribution in [3.63, 3.8) is 0 Å². The van der Waals surface area contributed by atoms with Crippen LogP contribution in [-0.4, -0.2) is 12.5 Å². The van der Waals surface area contributed by atoms with Crippen LogP contribution in [0.2, 0.25) is 0 Å². The Bertz CT molecular complexity index is 664. The third-order valence-corrected chi connectivity index (χ3v) is 2.87. The van der Waals surface area contributed by atoms with Gasteiger partial charge in [-0.15, -0.1) is 0 Å². The second kappa shape index (κ2) is 6.47. The molecule has 102 valence electrons. The van der Waals surface area contributed by atoms with E-state index in [9.17, 15) is 0 Å². The van der Waals surface area contributed by atoms with Gasteiger partial charge < -0.3 is 4.48 Å². The van der Waals surface area contributed by atoms with Gasteiger partial charge in [-0.1, -0.05) is 70.9 Å². The van der Waals surface area contributed by atoms with Gasteiger partial charge in [-0.25, -0.2) is 0 Å². The van der Waals surface area contributed by atoms with Gasteiger partial charge >= 0.3 is 0 Å². The number of rotatable bonds is 4. The van der Waals surface area contributed by atoms with Gasteiger partial charge in [0.05, 0.1) is 0 Å². The average molecular weight is 263 g/mol. The molecular weight excluding hydrogens is 241 g/mol. The summed E-state index contributed by atoms with van der Waals surface area (Å²) in [4.78, 5) is 0. The smallest absolute Gasteiger partial charge is 0.234 e. The Labute approximate surface area is 123 Å². The van der Waals surface area contributed by atoms with Crippen LogP contribution in [0.25, 0.3) is 24.3 Å². The van der Waals surface area contributed by atoms with Gasteiger partial charge in [0.15, 0.2) is 0 Å². The summed E-state index contributed by atoms with van der Waals surface area (Å²) in [5, 5.41) is 1.90. The molecule has 1 heterocycles. The fourth-order valence-electron chi connectivity index (χ4n) is 1.95. The van der Waals surface area contributed by atoms with E-state index in [-0.39, 0.29) is 5.41 Å². The monoisotopic (exact) mass is 263 g/mol. The predicted molar refractivity (Wildman–Crippen MR) is 92.7 cm³/mol. The Morgan fingerprint density at radius 3 is 2.10 bits per heavy atom. The van der Waals surface area contributed by atoms with Crippen LogP contribution >= 0.6 is 0 Å². The summed E-state index contributed by atoms with van der Waals surface area (Å²) < 4.78 is 1.66. The van der Waals surface area contributed by atoms with Gasteiger partial charge in [-0.3, -0.25) is 0 Å². The molecule has 20 heavy (non-hydrogen) atoms. The largest absolute Gasteiger partial charge is 0.397 e. The zero-order valence-corrected chi connectivity index (χ0v) is 12.7. The number of hydrogen-bond donors (Lipinski definition) is 0. The zero-order valence-electron chi connectivity index (χ0n) is 12.7. The fourth-order valence-corrected chi connectivity index (χ4v) is 1.95. The van der Waals surface area contributed by atoms with E-state index in [0.717, 1.165) is 21.8 Å². The summed E-state index contributed by atoms with van der Waals surface area (Å²) >= 11 is 0. The maximum absolute atomic E-state index is 6.21. The Balaban J connectivity index is 3.75. The molecule has 2 radical (unpaired) electrons. The topological polar surface area (TPSA) is 4.93 Å². The number of hydrogen-bond acceptors (Lipinski definition) is 0. The van der Waals surface area contributed by atoms with Crippen LogP contribution in [0.3, 0.4) is 0 Å². The van der Waals surface area contributed by atoms with E-state index >= 15 is 0 Å². The molecule has 1 rings (SSSR count). The van der Waals surface area contributed by atoms with Crippen LogP contribution in [0.4, 0.5) is 0 Å². The van der Waals surface area contributed by atoms with E-state index in [4.69, 9.17) is 7.98 Å². The Hall–Kier alpha value is -1.96. The summed E-state index contributed by atoms with van der Waals surface area (Å²) in [6, 6.07) is 0. The van der Waals surface area contributed by atoms with Gasteiger partial charge in [0.2, 0.25) is 7.98 Å². The minimum Gasteiger partial charge on any atom is -0.397 e. The SMILES string of the molecule is [B]n1c(/C=C\C(C)(C)C)c(C=C)c(=C/C=C)/c1=C\C=C. The van der Waals surface area contributed by atoms with Gasteiger partial charge in [0.1, 0.15) is 0 Å². The van der Waals surface area contributed by atoms with Crippen LogP contribution in [-0.2, 0) is 0 Å². The molecule has 0 fully saturated rings. The Morgan fingerprint density at radius 2 is 1.65 bits per heavy atom. The first kappa shape index (κ1) is 16.1. The Morgan fingerprint density at radius 1 is 1.05 bits per heavy atom. The van der Waals surface area contributed by atoms with Gasteiger partial charge in [-0.05, 0) is 17.6 Å². The highest BCUT2D eigenvalue weighted by Gasteiger charge is 2.09. The van der Waals surface area contributed by atoms with E-state index in [1.807, 2.05) is 24.3 Å².